The third kappa shape index (κ3) is 3.73. The van der Waals surface area contributed by atoms with E-state index in [1.54, 1.807) is 6.92 Å². The van der Waals surface area contributed by atoms with Gasteiger partial charge < -0.3 is 14.4 Å². The van der Waals surface area contributed by atoms with E-state index >= 15 is 0 Å². The Kier molecular flexibility index (Phi) is 4.87. The van der Waals surface area contributed by atoms with Crippen molar-refractivity contribution in [3.63, 3.8) is 0 Å². The summed E-state index contributed by atoms with van der Waals surface area (Å²) in [4.78, 5) is 13.8. The maximum atomic E-state index is 11.7. The average Bonchev–Trinajstić information content (AvgIpc) is 2.38. The summed E-state index contributed by atoms with van der Waals surface area (Å²) in [6.45, 7) is 3.61. The number of likely N-dealkylation sites (tertiary alicyclic amines) is 1. The molecule has 0 saturated carbocycles. The fourth-order valence-electron chi connectivity index (χ4n) is 2.06. The number of hydrogen-bond donors (Lipinski definition) is 1. The summed E-state index contributed by atoms with van der Waals surface area (Å²) < 4.78 is 5.77. The van der Waals surface area contributed by atoms with Gasteiger partial charge in [0, 0.05) is 24.9 Å². The Morgan fingerprint density at radius 1 is 1.47 bits per heavy atom. The van der Waals surface area contributed by atoms with Gasteiger partial charge in [0.2, 0.25) is 0 Å². The Labute approximate surface area is 121 Å². The van der Waals surface area contributed by atoms with E-state index in [4.69, 9.17) is 16.6 Å². The fourth-order valence-corrected chi connectivity index (χ4v) is 3.31. The van der Waals surface area contributed by atoms with Crippen molar-refractivity contribution >= 4 is 28.3 Å². The van der Waals surface area contributed by atoms with Crippen molar-refractivity contribution in [3.8, 4) is 5.75 Å². The number of nitrogens with zero attached hydrogens (tertiary/aromatic N) is 1. The zero-order chi connectivity index (χ0) is 13.8. The lowest BCUT2D eigenvalue weighted by molar-refractivity contribution is 0.352. The second-order valence-corrected chi connectivity index (χ2v) is 6.22. The van der Waals surface area contributed by atoms with Gasteiger partial charge in [-0.15, -0.1) is 0 Å². The third-order valence-corrected chi connectivity index (χ3v) is 4.65. The summed E-state index contributed by atoms with van der Waals surface area (Å²) in [5.74, 6) is 0.751. The molecule has 0 unspecified atom stereocenters. The van der Waals surface area contributed by atoms with Crippen molar-refractivity contribution in [2.24, 2.45) is 0 Å². The molecule has 104 valence electrons. The predicted molar refractivity (Wildman–Crippen MR) is 80.7 cm³/mol. The molecule has 1 aliphatic heterocycles. The van der Waals surface area contributed by atoms with Crippen LogP contribution < -0.4 is 5.63 Å². The van der Waals surface area contributed by atoms with E-state index in [0.717, 1.165) is 17.4 Å². The monoisotopic (exact) mass is 299 g/mol. The molecule has 2 heterocycles. The molecular weight excluding hydrogens is 282 g/mol. The summed E-state index contributed by atoms with van der Waals surface area (Å²) in [6, 6.07) is 1.46. The number of piperidine rings is 1. The Morgan fingerprint density at radius 2 is 2.16 bits per heavy atom. The first-order valence-corrected chi connectivity index (χ1v) is 7.71. The maximum absolute atomic E-state index is 11.7. The molecule has 0 bridgehead atoms. The van der Waals surface area contributed by atoms with Crippen molar-refractivity contribution in [2.75, 3.05) is 13.1 Å². The highest BCUT2D eigenvalue weighted by Crippen LogP contribution is 2.23. The first kappa shape index (κ1) is 14.4. The second-order valence-electron chi connectivity index (χ2n) is 4.61. The molecule has 1 N–H and O–H groups in total. The van der Waals surface area contributed by atoms with Crippen LogP contribution in [0.3, 0.4) is 0 Å². The van der Waals surface area contributed by atoms with Crippen molar-refractivity contribution in [3.05, 3.63) is 27.8 Å². The number of aryl methyl sites for hydroxylation is 1. The van der Waals surface area contributed by atoms with Crippen LogP contribution in [0.2, 0.25) is 0 Å². The molecule has 0 aliphatic carbocycles. The topological polar surface area (TPSA) is 53.7 Å². The van der Waals surface area contributed by atoms with Crippen LogP contribution in [0.4, 0.5) is 0 Å². The third-order valence-electron chi connectivity index (χ3n) is 3.10. The molecule has 1 fully saturated rings. The lowest BCUT2D eigenvalue weighted by atomic mass is 10.1. The molecule has 2 rings (SSSR count). The molecule has 4 nitrogen and oxygen atoms in total. The minimum absolute atomic E-state index is 0.0114. The lowest BCUT2D eigenvalue weighted by Crippen LogP contribution is -2.32. The van der Waals surface area contributed by atoms with Gasteiger partial charge in [0.15, 0.2) is 0 Å². The number of aromatic hydroxyl groups is 1. The van der Waals surface area contributed by atoms with Gasteiger partial charge in [-0.1, -0.05) is 24.0 Å². The summed E-state index contributed by atoms with van der Waals surface area (Å²) >= 11 is 6.77. The predicted octanol–water partition coefficient (Wildman–Crippen LogP) is 2.66. The molecule has 1 saturated heterocycles. The van der Waals surface area contributed by atoms with E-state index in [0.29, 0.717) is 11.5 Å². The van der Waals surface area contributed by atoms with E-state index in [1.807, 2.05) is 0 Å². The molecule has 19 heavy (non-hydrogen) atoms. The van der Waals surface area contributed by atoms with Crippen LogP contribution in [-0.4, -0.2) is 27.4 Å². The normalized spacial score (nSPS) is 15.5. The molecule has 1 aliphatic rings. The average molecular weight is 299 g/mol. The quantitative estimate of drug-likeness (QED) is 0.847. The highest BCUT2D eigenvalue weighted by Gasteiger charge is 2.16. The number of thiocarbonyl (C=S) groups is 1. The van der Waals surface area contributed by atoms with Crippen LogP contribution in [0.15, 0.2) is 15.3 Å². The molecule has 0 atom stereocenters. The molecule has 0 aromatic carbocycles. The first-order chi connectivity index (χ1) is 9.08. The van der Waals surface area contributed by atoms with Gasteiger partial charge in [0.25, 0.3) is 0 Å². The molecule has 0 amide bonds. The number of rotatable bonds is 2. The van der Waals surface area contributed by atoms with E-state index in [1.165, 1.54) is 37.1 Å². The minimum Gasteiger partial charge on any atom is -0.507 e. The van der Waals surface area contributed by atoms with Gasteiger partial charge in [-0.05, 0) is 26.2 Å². The molecule has 1 aromatic heterocycles. The zero-order valence-electron chi connectivity index (χ0n) is 10.8. The van der Waals surface area contributed by atoms with Crippen LogP contribution in [0.5, 0.6) is 5.75 Å². The number of hydrogen-bond acceptors (Lipinski definition) is 5. The van der Waals surface area contributed by atoms with Crippen molar-refractivity contribution in [1.82, 2.24) is 4.90 Å². The van der Waals surface area contributed by atoms with Crippen molar-refractivity contribution in [1.29, 1.82) is 0 Å². The van der Waals surface area contributed by atoms with E-state index in [-0.39, 0.29) is 11.3 Å². The highest BCUT2D eigenvalue weighted by molar-refractivity contribution is 8.22. The Hall–Kier alpha value is -1.01. The van der Waals surface area contributed by atoms with E-state index in [9.17, 15) is 9.90 Å². The van der Waals surface area contributed by atoms with Gasteiger partial charge in [0.1, 0.15) is 15.8 Å². The highest BCUT2D eigenvalue weighted by atomic mass is 32.2. The largest absolute Gasteiger partial charge is 0.507 e. The summed E-state index contributed by atoms with van der Waals surface area (Å²) in [7, 11) is 0. The van der Waals surface area contributed by atoms with Crippen LogP contribution in [-0.2, 0) is 5.75 Å². The van der Waals surface area contributed by atoms with Crippen LogP contribution >= 0.6 is 24.0 Å². The maximum Gasteiger partial charge on any atom is 0.343 e. The van der Waals surface area contributed by atoms with Gasteiger partial charge in [-0.25, -0.2) is 4.79 Å². The lowest BCUT2D eigenvalue weighted by Gasteiger charge is -2.28. The van der Waals surface area contributed by atoms with Gasteiger partial charge in [-0.3, -0.25) is 0 Å². The molecular formula is C13H17NO3S2. The first-order valence-electron chi connectivity index (χ1n) is 6.32. The Morgan fingerprint density at radius 3 is 2.79 bits per heavy atom. The molecule has 1 aromatic rings. The van der Waals surface area contributed by atoms with Gasteiger partial charge >= 0.3 is 5.63 Å². The molecule has 0 spiro atoms. The van der Waals surface area contributed by atoms with Gasteiger partial charge in [-0.2, -0.15) is 0 Å². The molecule has 6 heteroatoms. The second kappa shape index (κ2) is 6.43. The Bertz CT molecular complexity index is 521. The van der Waals surface area contributed by atoms with Crippen LogP contribution in [0, 0.1) is 6.92 Å². The zero-order valence-corrected chi connectivity index (χ0v) is 12.5. The Balaban J connectivity index is 1.99. The minimum atomic E-state index is -0.480. The smallest absolute Gasteiger partial charge is 0.343 e. The van der Waals surface area contributed by atoms with E-state index in [2.05, 4.69) is 4.90 Å². The van der Waals surface area contributed by atoms with E-state index < -0.39 is 5.63 Å². The molecule has 0 radical (unpaired) electrons. The van der Waals surface area contributed by atoms with Crippen molar-refractivity contribution in [2.45, 2.75) is 31.9 Å². The summed E-state index contributed by atoms with van der Waals surface area (Å²) in [5.41, 5.74) is -0.193. The van der Waals surface area contributed by atoms with Crippen molar-refractivity contribution < 1.29 is 9.52 Å². The fraction of sp³-hybridized carbons (Fsp3) is 0.538. The van der Waals surface area contributed by atoms with Crippen LogP contribution in [0.25, 0.3) is 0 Å². The SMILES string of the molecule is Cc1cc(O)c(CSC(=S)N2CCCCC2)c(=O)o1. The van der Waals surface area contributed by atoms with Crippen LogP contribution in [0.1, 0.15) is 30.6 Å². The summed E-state index contributed by atoms with van der Waals surface area (Å²) in [6.07, 6.45) is 3.59. The number of thioether (sulfide) groups is 1. The standard InChI is InChI=1S/C13H17NO3S2/c1-9-7-11(15)10(12(16)17-9)8-19-13(18)14-5-3-2-4-6-14/h7,15H,2-6,8H2,1H3. The summed E-state index contributed by atoms with van der Waals surface area (Å²) in [5, 5.41) is 9.77. The van der Waals surface area contributed by atoms with Gasteiger partial charge in [0.05, 0.1) is 5.56 Å².